The van der Waals surface area contributed by atoms with Crippen LogP contribution in [0.1, 0.15) is 25.0 Å². The second-order valence-electron chi connectivity index (χ2n) is 6.20. The topological polar surface area (TPSA) is 40.6 Å². The van der Waals surface area contributed by atoms with Crippen LogP contribution in [0.3, 0.4) is 0 Å². The van der Waals surface area contributed by atoms with Crippen molar-refractivity contribution < 1.29 is 9.59 Å². The van der Waals surface area contributed by atoms with Crippen LogP contribution in [0, 0.1) is 0 Å². The Balaban J connectivity index is 2.13. The summed E-state index contributed by atoms with van der Waals surface area (Å²) in [5.74, 6) is -0.616. The third-order valence-corrected chi connectivity index (χ3v) is 5.12. The molecule has 0 aromatic heterocycles. The molecule has 1 heterocycles. The number of hydrogen-bond acceptors (Lipinski definition) is 3. The monoisotopic (exact) mass is 402 g/mol. The molecule has 0 N–H and O–H groups in total. The predicted molar refractivity (Wildman–Crippen MR) is 108 cm³/mol. The van der Waals surface area contributed by atoms with E-state index < -0.39 is 0 Å². The summed E-state index contributed by atoms with van der Waals surface area (Å²) in [4.78, 5) is 29.2. The molecule has 0 aliphatic carbocycles. The molecule has 27 heavy (non-hydrogen) atoms. The zero-order valence-corrected chi connectivity index (χ0v) is 16.7. The smallest absolute Gasteiger partial charge is 0.277 e. The van der Waals surface area contributed by atoms with Crippen LogP contribution in [-0.4, -0.2) is 34.7 Å². The van der Waals surface area contributed by atoms with Crippen molar-refractivity contribution in [1.29, 1.82) is 0 Å². The molecule has 2 aromatic rings. The summed E-state index contributed by atoms with van der Waals surface area (Å²) >= 11 is 12.4. The van der Waals surface area contributed by atoms with Crippen LogP contribution in [0.2, 0.25) is 10.0 Å². The van der Waals surface area contributed by atoms with Crippen LogP contribution in [0.25, 0.3) is 5.57 Å². The minimum Gasteiger partial charge on any atom is -0.362 e. The quantitative estimate of drug-likeness (QED) is 0.662. The second kappa shape index (κ2) is 8.15. The molecule has 0 spiro atoms. The summed E-state index contributed by atoms with van der Waals surface area (Å²) < 4.78 is 0. The Labute approximate surface area is 169 Å². The van der Waals surface area contributed by atoms with Gasteiger partial charge in [-0.15, -0.1) is 0 Å². The molecule has 0 bridgehead atoms. The molecule has 1 aliphatic heterocycles. The molecule has 2 amide bonds. The molecule has 3 rings (SSSR count). The van der Waals surface area contributed by atoms with E-state index in [-0.39, 0.29) is 11.8 Å². The molecule has 2 aromatic carbocycles. The Hall–Kier alpha value is -2.30. The van der Waals surface area contributed by atoms with E-state index in [4.69, 9.17) is 23.2 Å². The summed E-state index contributed by atoms with van der Waals surface area (Å²) in [6, 6.07) is 14.8. The maximum atomic E-state index is 13.0. The lowest BCUT2D eigenvalue weighted by molar-refractivity contribution is -0.137. The van der Waals surface area contributed by atoms with Gasteiger partial charge >= 0.3 is 0 Å². The highest BCUT2D eigenvalue weighted by Gasteiger charge is 2.41. The summed E-state index contributed by atoms with van der Waals surface area (Å²) in [5.41, 5.74) is 2.30. The number of halogens is 2. The summed E-state index contributed by atoms with van der Waals surface area (Å²) in [5, 5.41) is 0.830. The lowest BCUT2D eigenvalue weighted by atomic mass is 10.0. The molecular weight excluding hydrogens is 383 g/mol. The average Bonchev–Trinajstić information content (AvgIpc) is 2.90. The first-order valence-corrected chi connectivity index (χ1v) is 9.58. The van der Waals surface area contributed by atoms with Crippen molar-refractivity contribution >= 4 is 40.6 Å². The van der Waals surface area contributed by atoms with E-state index in [1.54, 1.807) is 25.1 Å². The summed E-state index contributed by atoms with van der Waals surface area (Å²) in [7, 11) is 0. The zero-order valence-electron chi connectivity index (χ0n) is 15.2. The zero-order chi connectivity index (χ0) is 19.6. The van der Waals surface area contributed by atoms with Crippen LogP contribution in [0.15, 0.2) is 54.2 Å². The molecule has 0 atom stereocenters. The number of imide groups is 1. The summed E-state index contributed by atoms with van der Waals surface area (Å²) in [6.07, 6.45) is 0. The first-order chi connectivity index (χ1) is 13.0. The van der Waals surface area contributed by atoms with Gasteiger partial charge in [-0.25, -0.2) is 0 Å². The van der Waals surface area contributed by atoms with Crippen LogP contribution in [0.5, 0.6) is 0 Å². The average molecular weight is 403 g/mol. The van der Waals surface area contributed by atoms with E-state index in [1.807, 2.05) is 42.2 Å². The number of nitrogens with zero attached hydrogens (tertiary/aromatic N) is 2. The first-order valence-electron chi connectivity index (χ1n) is 8.82. The van der Waals surface area contributed by atoms with Gasteiger partial charge in [0.15, 0.2) is 0 Å². The Kier molecular flexibility index (Phi) is 5.88. The number of amides is 2. The third kappa shape index (κ3) is 3.73. The molecule has 0 saturated heterocycles. The Morgan fingerprint density at radius 1 is 0.963 bits per heavy atom. The number of hydrogen-bond donors (Lipinski definition) is 0. The molecule has 0 unspecified atom stereocenters. The van der Waals surface area contributed by atoms with Gasteiger partial charge in [-0.3, -0.25) is 14.5 Å². The maximum absolute atomic E-state index is 13.0. The highest BCUT2D eigenvalue weighted by molar-refractivity contribution is 6.41. The van der Waals surface area contributed by atoms with Gasteiger partial charge in [-0.2, -0.15) is 0 Å². The fraction of sp³-hybridized carbons (Fsp3) is 0.238. The van der Waals surface area contributed by atoms with Crippen molar-refractivity contribution in [1.82, 2.24) is 9.80 Å². The van der Waals surface area contributed by atoms with Gasteiger partial charge in [0, 0.05) is 30.2 Å². The minimum atomic E-state index is -0.326. The molecular formula is C21H20Cl2N2O2. The number of rotatable bonds is 6. The van der Waals surface area contributed by atoms with Crippen molar-refractivity contribution in [3.8, 4) is 0 Å². The molecule has 140 valence electrons. The van der Waals surface area contributed by atoms with Crippen molar-refractivity contribution in [3.63, 3.8) is 0 Å². The number of carbonyl (C=O) groups excluding carboxylic acids is 2. The van der Waals surface area contributed by atoms with Gasteiger partial charge in [0.2, 0.25) is 0 Å². The van der Waals surface area contributed by atoms with Crippen molar-refractivity contribution in [2.24, 2.45) is 0 Å². The molecule has 0 fully saturated rings. The number of benzene rings is 2. The largest absolute Gasteiger partial charge is 0.362 e. The Morgan fingerprint density at radius 2 is 1.67 bits per heavy atom. The van der Waals surface area contributed by atoms with Gasteiger partial charge in [0.05, 0.1) is 10.6 Å². The predicted octanol–water partition coefficient (Wildman–Crippen LogP) is 4.62. The van der Waals surface area contributed by atoms with Gasteiger partial charge in [-0.05, 0) is 31.5 Å². The fourth-order valence-corrected chi connectivity index (χ4v) is 3.73. The fourth-order valence-electron chi connectivity index (χ4n) is 3.23. The first kappa shape index (κ1) is 19.5. The van der Waals surface area contributed by atoms with E-state index in [1.165, 1.54) is 4.90 Å². The van der Waals surface area contributed by atoms with E-state index >= 15 is 0 Å². The molecule has 0 saturated carbocycles. The van der Waals surface area contributed by atoms with Gasteiger partial charge in [0.1, 0.15) is 5.70 Å². The van der Waals surface area contributed by atoms with Crippen LogP contribution >= 0.6 is 23.2 Å². The van der Waals surface area contributed by atoms with E-state index in [0.29, 0.717) is 46.5 Å². The molecule has 1 aliphatic rings. The lowest BCUT2D eigenvalue weighted by Gasteiger charge is -2.24. The Morgan fingerprint density at radius 3 is 2.26 bits per heavy atom. The standard InChI is InChI=1S/C21H20Cl2N2O2/c1-3-24(13-14-8-6-5-7-9-14)19-18(20(26)25(4-2)21(19)27)16-11-10-15(22)12-17(16)23/h5-12H,3-4,13H2,1-2H3. The SMILES string of the molecule is CCN(Cc1ccccc1)C1=C(c2ccc(Cl)cc2Cl)C(=O)N(CC)C1=O. The van der Waals surface area contributed by atoms with Crippen LogP contribution in [0.4, 0.5) is 0 Å². The third-order valence-electron chi connectivity index (χ3n) is 4.57. The van der Waals surface area contributed by atoms with Crippen molar-refractivity contribution in [2.75, 3.05) is 13.1 Å². The van der Waals surface area contributed by atoms with Gasteiger partial charge < -0.3 is 4.90 Å². The Bertz CT molecular complexity index is 910. The van der Waals surface area contributed by atoms with E-state index in [0.717, 1.165) is 5.56 Å². The summed E-state index contributed by atoms with van der Waals surface area (Å²) in [6.45, 7) is 5.16. The lowest BCUT2D eigenvalue weighted by Crippen LogP contribution is -2.34. The highest BCUT2D eigenvalue weighted by atomic mass is 35.5. The van der Waals surface area contributed by atoms with E-state index in [9.17, 15) is 9.59 Å². The second-order valence-corrected chi connectivity index (χ2v) is 7.05. The number of carbonyl (C=O) groups is 2. The molecule has 0 radical (unpaired) electrons. The highest BCUT2D eigenvalue weighted by Crippen LogP contribution is 2.36. The van der Waals surface area contributed by atoms with Gasteiger partial charge in [-0.1, -0.05) is 59.6 Å². The number of likely N-dealkylation sites (N-methyl/N-ethyl adjacent to an activating group) is 2. The van der Waals surface area contributed by atoms with Crippen molar-refractivity contribution in [3.05, 3.63) is 75.4 Å². The molecule has 4 nitrogen and oxygen atoms in total. The van der Waals surface area contributed by atoms with Crippen molar-refractivity contribution in [2.45, 2.75) is 20.4 Å². The maximum Gasteiger partial charge on any atom is 0.277 e. The normalized spacial score (nSPS) is 14.3. The molecule has 6 heteroatoms. The van der Waals surface area contributed by atoms with Crippen LogP contribution in [-0.2, 0) is 16.1 Å². The minimum absolute atomic E-state index is 0.290. The van der Waals surface area contributed by atoms with Gasteiger partial charge in [0.25, 0.3) is 11.8 Å². The van der Waals surface area contributed by atoms with E-state index in [2.05, 4.69) is 0 Å². The van der Waals surface area contributed by atoms with Crippen LogP contribution < -0.4 is 0 Å².